The van der Waals surface area contributed by atoms with Crippen molar-refractivity contribution in [2.45, 2.75) is 19.3 Å². The average Bonchev–Trinajstić information content (AvgIpc) is 2.29. The van der Waals surface area contributed by atoms with Crippen LogP contribution < -0.4 is 10.6 Å². The van der Waals surface area contributed by atoms with E-state index in [1.54, 1.807) is 0 Å². The zero-order chi connectivity index (χ0) is 12.9. The molecule has 0 aromatic heterocycles. The highest BCUT2D eigenvalue weighted by Gasteiger charge is 2.29. The summed E-state index contributed by atoms with van der Waals surface area (Å²) >= 11 is 3.43. The molecule has 1 aromatic carbocycles. The molecule has 1 amide bonds. The van der Waals surface area contributed by atoms with Crippen molar-refractivity contribution in [2.75, 3.05) is 20.1 Å². The number of benzene rings is 1. The number of carbonyl (C=O) groups excluding carboxylic acids is 1. The Hall–Kier alpha value is -0.580. The maximum absolute atomic E-state index is 12.1. The van der Waals surface area contributed by atoms with E-state index in [0.717, 1.165) is 16.6 Å². The predicted octanol–water partition coefficient (Wildman–Crippen LogP) is 2.48. The lowest BCUT2D eigenvalue weighted by molar-refractivity contribution is -0.125. The summed E-state index contributed by atoms with van der Waals surface area (Å²) in [7, 11) is 1.87. The highest BCUT2D eigenvalue weighted by molar-refractivity contribution is 9.10. The molecular formula is C13H20BrClN2O. The van der Waals surface area contributed by atoms with Gasteiger partial charge in [0.15, 0.2) is 0 Å². The molecule has 0 unspecified atom stereocenters. The molecule has 2 N–H and O–H groups in total. The fourth-order valence-corrected chi connectivity index (χ4v) is 1.93. The van der Waals surface area contributed by atoms with E-state index in [1.807, 2.05) is 45.2 Å². The van der Waals surface area contributed by atoms with Gasteiger partial charge in [0, 0.05) is 17.6 Å². The van der Waals surface area contributed by atoms with Crippen molar-refractivity contribution in [1.29, 1.82) is 0 Å². The molecule has 0 radical (unpaired) electrons. The Morgan fingerprint density at radius 2 is 2.00 bits per heavy atom. The molecule has 0 spiro atoms. The topological polar surface area (TPSA) is 41.1 Å². The lowest BCUT2D eigenvalue weighted by Crippen LogP contribution is -2.42. The first-order chi connectivity index (χ1) is 7.98. The van der Waals surface area contributed by atoms with Gasteiger partial charge in [-0.2, -0.15) is 0 Å². The van der Waals surface area contributed by atoms with Gasteiger partial charge in [-0.3, -0.25) is 4.79 Å². The second kappa shape index (κ2) is 7.77. The van der Waals surface area contributed by atoms with E-state index >= 15 is 0 Å². The molecule has 1 aromatic rings. The van der Waals surface area contributed by atoms with E-state index in [-0.39, 0.29) is 18.3 Å². The number of likely N-dealkylation sites (N-methyl/N-ethyl adjacent to an activating group) is 1. The Kier molecular flexibility index (Phi) is 7.52. The van der Waals surface area contributed by atoms with Crippen LogP contribution in [0.4, 0.5) is 0 Å². The van der Waals surface area contributed by atoms with E-state index in [2.05, 4.69) is 26.6 Å². The van der Waals surface area contributed by atoms with Crippen molar-refractivity contribution >= 4 is 34.2 Å². The van der Waals surface area contributed by atoms with Crippen LogP contribution in [0.1, 0.15) is 19.4 Å². The highest BCUT2D eigenvalue weighted by atomic mass is 79.9. The zero-order valence-electron chi connectivity index (χ0n) is 10.9. The van der Waals surface area contributed by atoms with Gasteiger partial charge in [-0.1, -0.05) is 28.1 Å². The largest absolute Gasteiger partial charge is 0.354 e. The fourth-order valence-electron chi connectivity index (χ4n) is 1.53. The number of halogens is 2. The number of hydrogen-bond acceptors (Lipinski definition) is 2. The molecule has 0 aliphatic carbocycles. The Bertz CT molecular complexity index is 396. The standard InChI is InChI=1S/C13H19BrN2O.ClH/c1-13(2,12(17)16-8-7-15-3)10-5-4-6-11(14)9-10;/h4-6,9,15H,7-8H2,1-3H3,(H,16,17);1H. The smallest absolute Gasteiger partial charge is 0.230 e. The maximum atomic E-state index is 12.1. The van der Waals surface area contributed by atoms with Crippen LogP contribution in [-0.4, -0.2) is 26.0 Å². The molecule has 0 atom stereocenters. The summed E-state index contributed by atoms with van der Waals surface area (Å²) in [6.45, 7) is 5.29. The van der Waals surface area contributed by atoms with Crippen molar-refractivity contribution in [1.82, 2.24) is 10.6 Å². The second-order valence-electron chi connectivity index (χ2n) is 4.49. The van der Waals surface area contributed by atoms with Gasteiger partial charge in [0.1, 0.15) is 0 Å². The molecule has 3 nitrogen and oxygen atoms in total. The molecule has 0 saturated heterocycles. The number of amides is 1. The summed E-state index contributed by atoms with van der Waals surface area (Å²) in [5.74, 6) is 0.0471. The zero-order valence-corrected chi connectivity index (χ0v) is 13.3. The summed E-state index contributed by atoms with van der Waals surface area (Å²) in [6.07, 6.45) is 0. The van der Waals surface area contributed by atoms with Crippen molar-refractivity contribution < 1.29 is 4.79 Å². The maximum Gasteiger partial charge on any atom is 0.230 e. The van der Waals surface area contributed by atoms with Gasteiger partial charge in [-0.15, -0.1) is 12.4 Å². The van der Waals surface area contributed by atoms with Crippen LogP contribution in [-0.2, 0) is 10.2 Å². The SMILES string of the molecule is CNCCNC(=O)C(C)(C)c1cccc(Br)c1.Cl. The van der Waals surface area contributed by atoms with E-state index in [9.17, 15) is 4.79 Å². The molecule has 0 fully saturated rings. The van der Waals surface area contributed by atoms with Crippen LogP contribution in [0.15, 0.2) is 28.7 Å². The van der Waals surface area contributed by atoms with Crippen molar-refractivity contribution in [3.8, 4) is 0 Å². The molecule has 0 aliphatic heterocycles. The highest BCUT2D eigenvalue weighted by Crippen LogP contribution is 2.25. The predicted molar refractivity (Wildman–Crippen MR) is 81.4 cm³/mol. The number of hydrogen-bond donors (Lipinski definition) is 2. The molecule has 5 heteroatoms. The van der Waals surface area contributed by atoms with Crippen molar-refractivity contribution in [2.24, 2.45) is 0 Å². The van der Waals surface area contributed by atoms with Gasteiger partial charge in [0.25, 0.3) is 0 Å². The lowest BCUT2D eigenvalue weighted by atomic mass is 9.84. The Morgan fingerprint density at radius 3 is 2.56 bits per heavy atom. The number of nitrogens with one attached hydrogen (secondary N) is 2. The lowest BCUT2D eigenvalue weighted by Gasteiger charge is -2.24. The Labute approximate surface area is 123 Å². The summed E-state index contributed by atoms with van der Waals surface area (Å²) in [5.41, 5.74) is 0.492. The quantitative estimate of drug-likeness (QED) is 0.812. The molecular weight excluding hydrogens is 316 g/mol. The minimum Gasteiger partial charge on any atom is -0.354 e. The summed E-state index contributed by atoms with van der Waals surface area (Å²) < 4.78 is 0.992. The Morgan fingerprint density at radius 1 is 1.33 bits per heavy atom. The van der Waals surface area contributed by atoms with Crippen molar-refractivity contribution in [3.63, 3.8) is 0 Å². The summed E-state index contributed by atoms with van der Waals surface area (Å²) in [4.78, 5) is 12.1. The van der Waals surface area contributed by atoms with Crippen LogP contribution >= 0.6 is 28.3 Å². The molecule has 18 heavy (non-hydrogen) atoms. The number of carbonyl (C=O) groups is 1. The van der Waals surface area contributed by atoms with Gasteiger partial charge >= 0.3 is 0 Å². The molecule has 0 bridgehead atoms. The van der Waals surface area contributed by atoms with Gasteiger partial charge < -0.3 is 10.6 Å². The van der Waals surface area contributed by atoms with Crippen LogP contribution in [0.25, 0.3) is 0 Å². The third-order valence-electron chi connectivity index (χ3n) is 2.77. The van der Waals surface area contributed by atoms with Gasteiger partial charge in [0.05, 0.1) is 5.41 Å². The molecule has 0 saturated carbocycles. The first-order valence-electron chi connectivity index (χ1n) is 5.67. The third-order valence-corrected chi connectivity index (χ3v) is 3.27. The number of rotatable bonds is 5. The second-order valence-corrected chi connectivity index (χ2v) is 5.41. The van der Waals surface area contributed by atoms with Gasteiger partial charge in [-0.05, 0) is 38.6 Å². The average molecular weight is 336 g/mol. The molecule has 0 heterocycles. The van der Waals surface area contributed by atoms with Crippen molar-refractivity contribution in [3.05, 3.63) is 34.3 Å². The first kappa shape index (κ1) is 17.4. The minimum atomic E-state index is -0.516. The van der Waals surface area contributed by atoms with Crippen LogP contribution in [0.2, 0.25) is 0 Å². The summed E-state index contributed by atoms with van der Waals surface area (Å²) in [6, 6.07) is 7.86. The Balaban J connectivity index is 0.00000289. The van der Waals surface area contributed by atoms with Crippen LogP contribution in [0.5, 0.6) is 0 Å². The van der Waals surface area contributed by atoms with E-state index < -0.39 is 5.41 Å². The van der Waals surface area contributed by atoms with E-state index in [1.165, 1.54) is 0 Å². The van der Waals surface area contributed by atoms with Gasteiger partial charge in [0.2, 0.25) is 5.91 Å². The third kappa shape index (κ3) is 4.59. The van der Waals surface area contributed by atoms with Crippen LogP contribution in [0.3, 0.4) is 0 Å². The fraction of sp³-hybridized carbons (Fsp3) is 0.462. The van der Waals surface area contributed by atoms with E-state index in [0.29, 0.717) is 6.54 Å². The first-order valence-corrected chi connectivity index (χ1v) is 6.46. The molecule has 1 rings (SSSR count). The summed E-state index contributed by atoms with van der Waals surface area (Å²) in [5, 5.41) is 5.93. The van der Waals surface area contributed by atoms with Crippen LogP contribution in [0, 0.1) is 0 Å². The van der Waals surface area contributed by atoms with Gasteiger partial charge in [-0.25, -0.2) is 0 Å². The minimum absolute atomic E-state index is 0. The van der Waals surface area contributed by atoms with E-state index in [4.69, 9.17) is 0 Å². The molecule has 0 aliphatic rings. The monoisotopic (exact) mass is 334 g/mol. The molecule has 102 valence electrons. The normalized spacial score (nSPS) is 10.7.